The van der Waals surface area contributed by atoms with Gasteiger partial charge in [-0.3, -0.25) is 19.1 Å². The van der Waals surface area contributed by atoms with Gasteiger partial charge in [-0.1, -0.05) is 24.0 Å². The van der Waals surface area contributed by atoms with E-state index < -0.39 is 0 Å². The maximum atomic E-state index is 13.1. The van der Waals surface area contributed by atoms with Gasteiger partial charge in [0, 0.05) is 32.3 Å². The normalized spacial score (nSPS) is 23.1. The van der Waals surface area contributed by atoms with E-state index in [4.69, 9.17) is 17.0 Å². The van der Waals surface area contributed by atoms with Crippen molar-refractivity contribution >= 4 is 46.1 Å². The number of ether oxygens (including phenoxy) is 1. The van der Waals surface area contributed by atoms with Crippen LogP contribution < -0.4 is 10.5 Å². The molecule has 1 atom stereocenters. The minimum atomic E-state index is -0.306. The second-order valence-electron chi connectivity index (χ2n) is 7.83. The van der Waals surface area contributed by atoms with Crippen LogP contribution in [0.1, 0.15) is 42.4 Å². The van der Waals surface area contributed by atoms with Gasteiger partial charge < -0.3 is 9.64 Å². The molecule has 1 aromatic heterocycles. The molecule has 0 saturated carbocycles. The molecule has 3 aliphatic rings. The van der Waals surface area contributed by atoms with Crippen molar-refractivity contribution in [3.8, 4) is 6.07 Å². The maximum absolute atomic E-state index is 13.1. The molecule has 0 bridgehead atoms. The number of pyridine rings is 1. The average Bonchev–Trinajstić information content (AvgIpc) is 3.47. The molecule has 158 valence electrons. The van der Waals surface area contributed by atoms with Gasteiger partial charge in [-0.2, -0.15) is 5.26 Å². The van der Waals surface area contributed by atoms with Crippen molar-refractivity contribution in [2.45, 2.75) is 38.7 Å². The van der Waals surface area contributed by atoms with E-state index in [1.54, 1.807) is 24.9 Å². The number of rotatable bonds is 4. The minimum absolute atomic E-state index is 0.0245. The van der Waals surface area contributed by atoms with Crippen molar-refractivity contribution < 1.29 is 9.53 Å². The highest BCUT2D eigenvalue weighted by molar-refractivity contribution is 8.26. The van der Waals surface area contributed by atoms with Crippen molar-refractivity contribution in [2.24, 2.45) is 7.05 Å². The summed E-state index contributed by atoms with van der Waals surface area (Å²) in [5.74, 6) is 0.623. The standard InChI is InChI=1S/C21H24N4O3S2/c1-13-15(18(24-7-3-4-8-24)23(2)19(26)16(13)11-22)10-17-20(27)25(21(29)30-17)12-14-6-5-9-28-14/h10,14H,3-9,12H2,1-2H3/b17-10+/t14-/m0/s1. The lowest BCUT2D eigenvalue weighted by molar-refractivity contribution is -0.123. The summed E-state index contributed by atoms with van der Waals surface area (Å²) < 4.78 is 7.73. The molecule has 30 heavy (non-hydrogen) atoms. The quantitative estimate of drug-likeness (QED) is 0.522. The lowest BCUT2D eigenvalue weighted by atomic mass is 10.0. The first kappa shape index (κ1) is 21.1. The Labute approximate surface area is 185 Å². The number of amides is 1. The third-order valence-corrected chi connectivity index (χ3v) is 7.31. The second-order valence-corrected chi connectivity index (χ2v) is 9.51. The van der Waals surface area contributed by atoms with Gasteiger partial charge in [0.15, 0.2) is 0 Å². The molecule has 3 aliphatic heterocycles. The Hall–Kier alpha value is -2.15. The van der Waals surface area contributed by atoms with Crippen LogP contribution in [-0.2, 0) is 16.6 Å². The second kappa shape index (κ2) is 8.53. The Morgan fingerprint density at radius 2 is 2.03 bits per heavy atom. The van der Waals surface area contributed by atoms with E-state index >= 15 is 0 Å². The summed E-state index contributed by atoms with van der Waals surface area (Å²) in [6.45, 7) is 4.66. The summed E-state index contributed by atoms with van der Waals surface area (Å²) in [6, 6.07) is 2.04. The summed E-state index contributed by atoms with van der Waals surface area (Å²) in [4.78, 5) is 30.1. The van der Waals surface area contributed by atoms with Gasteiger partial charge in [-0.25, -0.2) is 0 Å². The lowest BCUT2D eigenvalue weighted by Gasteiger charge is -2.25. The van der Waals surface area contributed by atoms with Crippen molar-refractivity contribution in [1.29, 1.82) is 5.26 Å². The Bertz CT molecular complexity index is 1030. The van der Waals surface area contributed by atoms with E-state index in [2.05, 4.69) is 4.90 Å². The molecule has 9 heteroatoms. The van der Waals surface area contributed by atoms with Crippen LogP contribution in [0.2, 0.25) is 0 Å². The summed E-state index contributed by atoms with van der Waals surface area (Å²) in [5.41, 5.74) is 1.15. The van der Waals surface area contributed by atoms with Gasteiger partial charge in [0.2, 0.25) is 0 Å². The summed E-state index contributed by atoms with van der Waals surface area (Å²) in [7, 11) is 1.69. The van der Waals surface area contributed by atoms with Crippen LogP contribution in [0.3, 0.4) is 0 Å². The highest BCUT2D eigenvalue weighted by Gasteiger charge is 2.35. The highest BCUT2D eigenvalue weighted by atomic mass is 32.2. The van der Waals surface area contributed by atoms with Crippen LogP contribution in [-0.4, -0.2) is 52.0 Å². The van der Waals surface area contributed by atoms with E-state index in [9.17, 15) is 14.9 Å². The zero-order valence-corrected chi connectivity index (χ0v) is 18.8. The molecule has 0 radical (unpaired) electrons. The first-order valence-electron chi connectivity index (χ1n) is 10.2. The number of carbonyl (C=O) groups excluding carboxylic acids is 1. The Balaban J connectivity index is 1.76. The van der Waals surface area contributed by atoms with Crippen LogP contribution in [0.15, 0.2) is 9.70 Å². The smallest absolute Gasteiger partial charge is 0.270 e. The van der Waals surface area contributed by atoms with Crippen molar-refractivity contribution in [1.82, 2.24) is 9.47 Å². The van der Waals surface area contributed by atoms with Crippen LogP contribution >= 0.6 is 24.0 Å². The Morgan fingerprint density at radius 1 is 1.30 bits per heavy atom. The monoisotopic (exact) mass is 444 g/mol. The fourth-order valence-electron chi connectivity index (χ4n) is 4.30. The van der Waals surface area contributed by atoms with E-state index in [1.165, 1.54) is 16.3 Å². The Morgan fingerprint density at radius 3 is 2.67 bits per heavy atom. The third-order valence-electron chi connectivity index (χ3n) is 5.93. The molecule has 0 N–H and O–H groups in total. The molecular weight excluding hydrogens is 420 g/mol. The van der Waals surface area contributed by atoms with Crippen molar-refractivity contribution in [2.75, 3.05) is 31.1 Å². The number of nitrogens with zero attached hydrogens (tertiary/aromatic N) is 4. The van der Waals surface area contributed by atoms with Gasteiger partial charge in [-0.05, 0) is 44.2 Å². The molecule has 3 fully saturated rings. The van der Waals surface area contributed by atoms with Crippen LogP contribution in [0.4, 0.5) is 5.82 Å². The molecule has 0 aliphatic carbocycles. The van der Waals surface area contributed by atoms with Gasteiger partial charge >= 0.3 is 0 Å². The van der Waals surface area contributed by atoms with Crippen molar-refractivity contribution in [3.05, 3.63) is 31.9 Å². The number of thioether (sulfide) groups is 1. The van der Waals surface area contributed by atoms with Gasteiger partial charge in [-0.15, -0.1) is 0 Å². The van der Waals surface area contributed by atoms with Gasteiger partial charge in [0.05, 0.1) is 17.6 Å². The number of hydrogen-bond donors (Lipinski definition) is 0. The molecule has 1 amide bonds. The first-order chi connectivity index (χ1) is 14.4. The number of nitriles is 1. The molecular formula is C21H24N4O3S2. The maximum Gasteiger partial charge on any atom is 0.270 e. The van der Waals surface area contributed by atoms with Crippen LogP contribution in [0, 0.1) is 18.3 Å². The topological polar surface area (TPSA) is 78.6 Å². The molecule has 4 rings (SSSR count). The summed E-state index contributed by atoms with van der Waals surface area (Å²) >= 11 is 6.74. The highest BCUT2D eigenvalue weighted by Crippen LogP contribution is 2.36. The third kappa shape index (κ3) is 3.68. The largest absolute Gasteiger partial charge is 0.376 e. The predicted molar refractivity (Wildman–Crippen MR) is 121 cm³/mol. The molecule has 0 aromatic carbocycles. The number of thiocarbonyl (C=S) groups is 1. The van der Waals surface area contributed by atoms with Gasteiger partial charge in [0.25, 0.3) is 11.5 Å². The fraction of sp³-hybridized carbons (Fsp3) is 0.524. The van der Waals surface area contributed by atoms with E-state index in [0.717, 1.165) is 56.8 Å². The van der Waals surface area contributed by atoms with Crippen molar-refractivity contribution in [3.63, 3.8) is 0 Å². The number of aromatic nitrogens is 1. The first-order valence-corrected chi connectivity index (χ1v) is 11.4. The minimum Gasteiger partial charge on any atom is -0.376 e. The SMILES string of the molecule is Cc1c(/C=C2/SC(=S)N(C[C@@H]3CCCO3)C2=O)c(N2CCCC2)n(C)c(=O)c1C#N. The number of carbonyl (C=O) groups is 1. The molecule has 7 nitrogen and oxygen atoms in total. The van der Waals surface area contributed by atoms with Crippen LogP contribution in [0.5, 0.6) is 0 Å². The van der Waals surface area contributed by atoms with Crippen LogP contribution in [0.25, 0.3) is 6.08 Å². The molecule has 0 spiro atoms. The van der Waals surface area contributed by atoms with E-state index in [1.807, 2.05) is 6.07 Å². The number of hydrogen-bond acceptors (Lipinski definition) is 7. The number of anilines is 1. The molecule has 3 saturated heterocycles. The summed E-state index contributed by atoms with van der Waals surface area (Å²) in [5, 5.41) is 9.55. The molecule has 1 aromatic rings. The van der Waals surface area contributed by atoms with E-state index in [-0.39, 0.29) is 23.1 Å². The summed E-state index contributed by atoms with van der Waals surface area (Å²) in [6.07, 6.45) is 5.87. The average molecular weight is 445 g/mol. The van der Waals surface area contributed by atoms with Gasteiger partial charge in [0.1, 0.15) is 21.8 Å². The predicted octanol–water partition coefficient (Wildman–Crippen LogP) is 2.55. The zero-order chi connectivity index (χ0) is 21.4. The Kier molecular flexibility index (Phi) is 6.00. The van der Waals surface area contributed by atoms with E-state index in [0.29, 0.717) is 21.3 Å². The lowest BCUT2D eigenvalue weighted by Crippen LogP contribution is -2.35. The molecule has 4 heterocycles. The fourth-order valence-corrected chi connectivity index (χ4v) is 5.56. The zero-order valence-electron chi connectivity index (χ0n) is 17.1. The molecule has 0 unspecified atom stereocenters.